The van der Waals surface area contributed by atoms with Gasteiger partial charge in [0.1, 0.15) is 0 Å². The first kappa shape index (κ1) is 20.0. The molecule has 0 N–H and O–H groups in total. The first-order chi connectivity index (χ1) is 11.4. The molecule has 0 fully saturated rings. The fraction of sp³-hybridized carbons (Fsp3) is 0.652. The van der Waals surface area contributed by atoms with Crippen LogP contribution >= 0.6 is 0 Å². The predicted molar refractivity (Wildman–Crippen MR) is 105 cm³/mol. The Hall–Kier alpha value is -1.04. The Morgan fingerprint density at radius 3 is 1.70 bits per heavy atom. The van der Waals surface area contributed by atoms with E-state index in [1.54, 1.807) is 0 Å². The van der Waals surface area contributed by atoms with E-state index in [1.807, 2.05) is 12.1 Å². The summed E-state index contributed by atoms with van der Waals surface area (Å²) in [7, 11) is 0. The molecule has 0 aliphatic heterocycles. The highest BCUT2D eigenvalue weighted by molar-refractivity contribution is 5.48. The van der Waals surface area contributed by atoms with Gasteiger partial charge in [-0.15, -0.1) is 0 Å². The SMILES string of the molecule is CCCCCCCCCCCCCCCC=Cc1cc[c]cc1. The molecule has 0 bridgehead atoms. The third-order valence-electron chi connectivity index (χ3n) is 4.53. The Morgan fingerprint density at radius 1 is 0.696 bits per heavy atom. The molecule has 0 atom stereocenters. The first-order valence-electron chi connectivity index (χ1n) is 10.1. The van der Waals surface area contributed by atoms with Crippen molar-refractivity contribution >= 4 is 6.08 Å². The molecule has 0 saturated heterocycles. The van der Waals surface area contributed by atoms with Gasteiger partial charge in [0.2, 0.25) is 0 Å². The third-order valence-corrected chi connectivity index (χ3v) is 4.53. The molecule has 1 aromatic carbocycles. The highest BCUT2D eigenvalue weighted by atomic mass is 14.0. The lowest BCUT2D eigenvalue weighted by Gasteiger charge is -2.02. The second kappa shape index (κ2) is 15.8. The molecule has 0 amide bonds. The van der Waals surface area contributed by atoms with E-state index in [9.17, 15) is 0 Å². The standard InChI is InChI=1S/C23H37/c1-2-3-4-5-6-7-8-9-10-11-12-13-14-15-17-20-23-21-18-16-19-22-23/h17-22H,2-15H2,1H3. The summed E-state index contributed by atoms with van der Waals surface area (Å²) >= 11 is 0. The number of hydrogen-bond donors (Lipinski definition) is 0. The minimum absolute atomic E-state index is 1.22. The fourth-order valence-corrected chi connectivity index (χ4v) is 3.01. The van der Waals surface area contributed by atoms with E-state index < -0.39 is 0 Å². The second-order valence-corrected chi connectivity index (χ2v) is 6.77. The largest absolute Gasteiger partial charge is 0.0839 e. The monoisotopic (exact) mass is 313 g/mol. The normalized spacial score (nSPS) is 11.3. The number of hydrogen-bond acceptors (Lipinski definition) is 0. The lowest BCUT2D eigenvalue weighted by atomic mass is 10.0. The molecule has 0 unspecified atom stereocenters. The van der Waals surface area contributed by atoms with Crippen LogP contribution in [0.2, 0.25) is 0 Å². The summed E-state index contributed by atoms with van der Waals surface area (Å²) in [4.78, 5) is 0. The van der Waals surface area contributed by atoms with Gasteiger partial charge < -0.3 is 0 Å². The fourth-order valence-electron chi connectivity index (χ4n) is 3.01. The van der Waals surface area contributed by atoms with Gasteiger partial charge in [-0.3, -0.25) is 0 Å². The van der Waals surface area contributed by atoms with Gasteiger partial charge in [-0.1, -0.05) is 120 Å². The van der Waals surface area contributed by atoms with Crippen LogP contribution in [0.5, 0.6) is 0 Å². The smallest absolute Gasteiger partial charge is 0.0184 e. The van der Waals surface area contributed by atoms with E-state index in [0.717, 1.165) is 0 Å². The molecule has 0 nitrogen and oxygen atoms in total. The maximum atomic E-state index is 3.05. The lowest BCUT2D eigenvalue weighted by molar-refractivity contribution is 0.540. The molecular formula is C23H37. The van der Waals surface area contributed by atoms with Gasteiger partial charge in [0, 0.05) is 0 Å². The van der Waals surface area contributed by atoms with Crippen LogP contribution in [0, 0.1) is 6.07 Å². The van der Waals surface area contributed by atoms with Gasteiger partial charge in [-0.25, -0.2) is 0 Å². The van der Waals surface area contributed by atoms with Crippen molar-refractivity contribution in [1.29, 1.82) is 0 Å². The van der Waals surface area contributed by atoms with E-state index in [4.69, 9.17) is 0 Å². The average Bonchev–Trinajstić information content (AvgIpc) is 2.59. The molecule has 1 radical (unpaired) electrons. The summed E-state index contributed by atoms with van der Waals surface area (Å²) < 4.78 is 0. The molecule has 1 aromatic rings. The van der Waals surface area contributed by atoms with E-state index >= 15 is 0 Å². The summed E-state index contributed by atoms with van der Waals surface area (Å²) in [5, 5.41) is 0. The molecule has 0 spiro atoms. The average molecular weight is 314 g/mol. The number of allylic oxidation sites excluding steroid dienone is 1. The maximum Gasteiger partial charge on any atom is -0.0184 e. The summed E-state index contributed by atoms with van der Waals surface area (Å²) in [6, 6.07) is 11.2. The van der Waals surface area contributed by atoms with Crippen LogP contribution in [0.4, 0.5) is 0 Å². The molecule has 0 saturated carbocycles. The van der Waals surface area contributed by atoms with Gasteiger partial charge >= 0.3 is 0 Å². The van der Waals surface area contributed by atoms with Gasteiger partial charge in [0.15, 0.2) is 0 Å². The number of rotatable bonds is 15. The summed E-state index contributed by atoms with van der Waals surface area (Å²) in [5.41, 5.74) is 1.29. The van der Waals surface area contributed by atoms with Gasteiger partial charge in [0.05, 0.1) is 0 Å². The van der Waals surface area contributed by atoms with E-state index in [0.29, 0.717) is 0 Å². The molecule has 1 rings (SSSR count). The van der Waals surface area contributed by atoms with Crippen molar-refractivity contribution in [3.63, 3.8) is 0 Å². The summed E-state index contributed by atoms with van der Waals surface area (Å²) in [6.07, 6.45) is 24.4. The molecule has 0 heterocycles. The van der Waals surface area contributed by atoms with Crippen molar-refractivity contribution < 1.29 is 0 Å². The van der Waals surface area contributed by atoms with Crippen molar-refractivity contribution in [2.24, 2.45) is 0 Å². The minimum Gasteiger partial charge on any atom is -0.0839 e. The third kappa shape index (κ3) is 13.1. The molecule has 129 valence electrons. The summed E-state index contributed by atoms with van der Waals surface area (Å²) in [6.45, 7) is 2.29. The topological polar surface area (TPSA) is 0 Å². The summed E-state index contributed by atoms with van der Waals surface area (Å²) in [5.74, 6) is 0. The van der Waals surface area contributed by atoms with Crippen LogP contribution < -0.4 is 0 Å². The van der Waals surface area contributed by atoms with Crippen LogP contribution in [0.15, 0.2) is 30.3 Å². The Bertz CT molecular complexity index is 363. The Morgan fingerprint density at radius 2 is 1.17 bits per heavy atom. The van der Waals surface area contributed by atoms with Crippen molar-refractivity contribution in [1.82, 2.24) is 0 Å². The number of unbranched alkanes of at least 4 members (excludes halogenated alkanes) is 13. The quantitative estimate of drug-likeness (QED) is 0.288. The molecule has 23 heavy (non-hydrogen) atoms. The molecule has 0 aliphatic carbocycles. The van der Waals surface area contributed by atoms with Crippen LogP contribution in [0.1, 0.15) is 102 Å². The Kier molecular flexibility index (Phi) is 13.8. The van der Waals surface area contributed by atoms with Crippen LogP contribution in [0.3, 0.4) is 0 Å². The zero-order chi connectivity index (χ0) is 16.4. The van der Waals surface area contributed by atoms with Crippen molar-refractivity contribution in [2.45, 2.75) is 96.8 Å². The Balaban J connectivity index is 1.77. The van der Waals surface area contributed by atoms with E-state index in [-0.39, 0.29) is 0 Å². The van der Waals surface area contributed by atoms with Crippen LogP contribution in [-0.4, -0.2) is 0 Å². The van der Waals surface area contributed by atoms with Gasteiger partial charge in [-0.2, -0.15) is 0 Å². The predicted octanol–water partition coefficient (Wildman–Crippen LogP) is 7.98. The van der Waals surface area contributed by atoms with Crippen LogP contribution in [0.25, 0.3) is 6.08 Å². The first-order valence-corrected chi connectivity index (χ1v) is 10.1. The Labute approximate surface area is 145 Å². The van der Waals surface area contributed by atoms with E-state index in [1.165, 1.54) is 95.5 Å². The minimum atomic E-state index is 1.22. The zero-order valence-corrected chi connectivity index (χ0v) is 15.4. The van der Waals surface area contributed by atoms with Crippen molar-refractivity contribution in [2.75, 3.05) is 0 Å². The molecule has 0 aliphatic rings. The van der Waals surface area contributed by atoms with Crippen LogP contribution in [-0.2, 0) is 0 Å². The van der Waals surface area contributed by atoms with Crippen molar-refractivity contribution in [3.05, 3.63) is 42.0 Å². The molecular weight excluding hydrogens is 276 g/mol. The lowest BCUT2D eigenvalue weighted by Crippen LogP contribution is -1.82. The van der Waals surface area contributed by atoms with E-state index in [2.05, 4.69) is 37.3 Å². The molecule has 0 heteroatoms. The van der Waals surface area contributed by atoms with Gasteiger partial charge in [-0.05, 0) is 24.5 Å². The zero-order valence-electron chi connectivity index (χ0n) is 15.4. The van der Waals surface area contributed by atoms with Gasteiger partial charge in [0.25, 0.3) is 0 Å². The highest BCUT2D eigenvalue weighted by Gasteiger charge is 1.93. The number of benzene rings is 1. The molecule has 0 aromatic heterocycles. The maximum absolute atomic E-state index is 3.05. The highest BCUT2D eigenvalue weighted by Crippen LogP contribution is 2.13. The second-order valence-electron chi connectivity index (χ2n) is 6.77. The van der Waals surface area contributed by atoms with Crippen molar-refractivity contribution in [3.8, 4) is 0 Å².